The van der Waals surface area contributed by atoms with Crippen LogP contribution in [-0.2, 0) is 14.3 Å². The van der Waals surface area contributed by atoms with Gasteiger partial charge in [0.05, 0.1) is 18.2 Å². The normalized spacial score (nSPS) is 20.9. The zero-order valence-corrected chi connectivity index (χ0v) is 19.8. The Morgan fingerprint density at radius 1 is 1.22 bits per heavy atom. The van der Waals surface area contributed by atoms with Crippen LogP contribution in [0.15, 0.2) is 42.0 Å². The number of aliphatic carboxylic acids is 1. The quantitative estimate of drug-likeness (QED) is 0.487. The van der Waals surface area contributed by atoms with Crippen molar-refractivity contribution < 1.29 is 19.4 Å². The Hall–Kier alpha value is -2.64. The molecule has 1 aromatic carbocycles. The van der Waals surface area contributed by atoms with E-state index in [-0.39, 0.29) is 24.1 Å². The van der Waals surface area contributed by atoms with E-state index in [4.69, 9.17) is 4.74 Å². The van der Waals surface area contributed by atoms with Crippen LogP contribution in [0.5, 0.6) is 0 Å². The van der Waals surface area contributed by atoms with Crippen molar-refractivity contribution in [3.05, 3.63) is 47.6 Å². The van der Waals surface area contributed by atoms with Gasteiger partial charge in [-0.25, -0.2) is 4.79 Å². The van der Waals surface area contributed by atoms with Crippen molar-refractivity contribution in [1.82, 2.24) is 10.6 Å². The van der Waals surface area contributed by atoms with Crippen molar-refractivity contribution in [1.29, 1.82) is 0 Å². The number of nitrogens with one attached hydrogen (secondary N) is 2. The lowest BCUT2D eigenvalue weighted by atomic mass is 9.87. The molecule has 2 rings (SSSR count). The second-order valence-electron chi connectivity index (χ2n) is 8.37. The molecule has 176 valence electrons. The van der Waals surface area contributed by atoms with Gasteiger partial charge in [0.15, 0.2) is 0 Å². The van der Waals surface area contributed by atoms with Crippen molar-refractivity contribution in [3.63, 3.8) is 0 Å². The minimum Gasteiger partial charge on any atom is -0.478 e. The van der Waals surface area contributed by atoms with Crippen LogP contribution in [0.25, 0.3) is 6.08 Å². The summed E-state index contributed by atoms with van der Waals surface area (Å²) in [4.78, 5) is 25.7. The lowest BCUT2D eigenvalue weighted by Gasteiger charge is -2.38. The van der Waals surface area contributed by atoms with Gasteiger partial charge in [-0.2, -0.15) is 0 Å². The number of nitrogens with zero attached hydrogens (tertiary/aromatic N) is 1. The van der Waals surface area contributed by atoms with E-state index >= 15 is 0 Å². The Bertz CT molecular complexity index is 813. The van der Waals surface area contributed by atoms with Crippen molar-refractivity contribution in [2.45, 2.75) is 64.3 Å². The lowest BCUT2D eigenvalue weighted by Crippen LogP contribution is -2.58. The van der Waals surface area contributed by atoms with Gasteiger partial charge in [-0.3, -0.25) is 4.79 Å². The van der Waals surface area contributed by atoms with E-state index in [0.29, 0.717) is 18.5 Å². The standard InChI is InChI=1S/C25H37N3O4/c1-6-21(7-2)32-23-16-19(25(30)31)15-22(24(23)27-17(3)29)26-14-8-9-18-10-12-20(13-11-18)28(4)5/h8-13,16,21-24,26H,6-7,14-15H2,1-5H3,(H,27,29)(H,30,31)/b9-8+/t22-,23+,24+/m0/s1. The fourth-order valence-electron chi connectivity index (χ4n) is 3.86. The maximum absolute atomic E-state index is 11.9. The average Bonchev–Trinajstić information content (AvgIpc) is 2.76. The van der Waals surface area contributed by atoms with Crippen LogP contribution in [0.1, 0.15) is 45.6 Å². The fourth-order valence-corrected chi connectivity index (χ4v) is 3.86. The summed E-state index contributed by atoms with van der Waals surface area (Å²) in [5, 5.41) is 16.0. The number of hydrogen-bond acceptors (Lipinski definition) is 5. The summed E-state index contributed by atoms with van der Waals surface area (Å²) in [6.45, 7) is 6.09. The Labute approximate surface area is 191 Å². The van der Waals surface area contributed by atoms with Crippen LogP contribution in [0, 0.1) is 0 Å². The topological polar surface area (TPSA) is 90.9 Å². The molecule has 0 spiro atoms. The summed E-state index contributed by atoms with van der Waals surface area (Å²) in [5.74, 6) is -1.11. The Kier molecular flexibility index (Phi) is 9.94. The molecule has 0 bridgehead atoms. The number of carboxylic acids is 1. The second kappa shape index (κ2) is 12.4. The molecule has 7 nitrogen and oxygen atoms in total. The van der Waals surface area contributed by atoms with E-state index < -0.39 is 12.1 Å². The molecule has 0 unspecified atom stereocenters. The van der Waals surface area contributed by atoms with E-state index in [9.17, 15) is 14.7 Å². The van der Waals surface area contributed by atoms with E-state index in [1.807, 2.05) is 45.0 Å². The molecule has 0 radical (unpaired) electrons. The van der Waals surface area contributed by atoms with Gasteiger partial charge in [-0.15, -0.1) is 0 Å². The minimum absolute atomic E-state index is 0.00587. The number of benzene rings is 1. The highest BCUT2D eigenvalue weighted by molar-refractivity contribution is 5.87. The lowest BCUT2D eigenvalue weighted by molar-refractivity contribution is -0.133. The summed E-state index contributed by atoms with van der Waals surface area (Å²) >= 11 is 0. The van der Waals surface area contributed by atoms with Crippen molar-refractivity contribution in [2.75, 3.05) is 25.5 Å². The number of carbonyl (C=O) groups is 2. The van der Waals surface area contributed by atoms with E-state index in [2.05, 4.69) is 34.9 Å². The number of amides is 1. The minimum atomic E-state index is -0.951. The molecule has 1 aliphatic carbocycles. The first-order valence-corrected chi connectivity index (χ1v) is 11.3. The highest BCUT2D eigenvalue weighted by atomic mass is 16.5. The number of hydrogen-bond donors (Lipinski definition) is 3. The maximum Gasteiger partial charge on any atom is 0.331 e. The van der Waals surface area contributed by atoms with Crippen LogP contribution in [-0.4, -0.2) is 61.9 Å². The number of carbonyl (C=O) groups excluding carboxylic acids is 1. The third kappa shape index (κ3) is 7.50. The summed E-state index contributed by atoms with van der Waals surface area (Å²) in [6, 6.07) is 7.63. The van der Waals surface area contributed by atoms with Gasteiger partial charge in [0.1, 0.15) is 0 Å². The molecule has 0 aliphatic heterocycles. The smallest absolute Gasteiger partial charge is 0.331 e. The molecule has 1 aromatic rings. The molecule has 0 saturated carbocycles. The molecule has 32 heavy (non-hydrogen) atoms. The fraction of sp³-hybridized carbons (Fsp3) is 0.520. The largest absolute Gasteiger partial charge is 0.478 e. The molecule has 0 aromatic heterocycles. The van der Waals surface area contributed by atoms with Crippen molar-refractivity contribution >= 4 is 23.6 Å². The molecule has 0 saturated heterocycles. The first kappa shape index (κ1) is 25.6. The van der Waals surface area contributed by atoms with Crippen LogP contribution >= 0.6 is 0 Å². The second-order valence-corrected chi connectivity index (χ2v) is 8.37. The summed E-state index contributed by atoms with van der Waals surface area (Å²) in [6.07, 6.45) is 7.15. The molecular weight excluding hydrogens is 406 g/mol. The molecular formula is C25H37N3O4. The number of anilines is 1. The Balaban J connectivity index is 2.12. The summed E-state index contributed by atoms with van der Waals surface area (Å²) in [5.41, 5.74) is 2.53. The number of carboxylic acid groups (broad SMARTS) is 1. The number of ether oxygens (including phenoxy) is 1. The zero-order valence-electron chi connectivity index (χ0n) is 19.8. The van der Waals surface area contributed by atoms with Crippen LogP contribution in [0.3, 0.4) is 0 Å². The molecule has 1 aliphatic rings. The highest BCUT2D eigenvalue weighted by Crippen LogP contribution is 2.24. The van der Waals surface area contributed by atoms with Gasteiger partial charge in [0.25, 0.3) is 0 Å². The molecule has 7 heteroatoms. The average molecular weight is 444 g/mol. The van der Waals surface area contributed by atoms with Gasteiger partial charge in [-0.05, 0) is 43.0 Å². The van der Waals surface area contributed by atoms with E-state index in [1.54, 1.807) is 6.08 Å². The third-order valence-corrected chi connectivity index (χ3v) is 5.72. The van der Waals surface area contributed by atoms with Crippen LogP contribution in [0.4, 0.5) is 5.69 Å². The van der Waals surface area contributed by atoms with Crippen LogP contribution in [0.2, 0.25) is 0 Å². The first-order chi connectivity index (χ1) is 15.2. The van der Waals surface area contributed by atoms with Crippen molar-refractivity contribution in [2.24, 2.45) is 0 Å². The van der Waals surface area contributed by atoms with Gasteiger partial charge < -0.3 is 25.4 Å². The van der Waals surface area contributed by atoms with Crippen LogP contribution < -0.4 is 15.5 Å². The summed E-state index contributed by atoms with van der Waals surface area (Å²) < 4.78 is 6.20. The molecule has 3 atom stereocenters. The number of rotatable bonds is 11. The van der Waals surface area contributed by atoms with Gasteiger partial charge in [0.2, 0.25) is 5.91 Å². The van der Waals surface area contributed by atoms with Crippen molar-refractivity contribution in [3.8, 4) is 0 Å². The maximum atomic E-state index is 11.9. The molecule has 3 N–H and O–H groups in total. The monoisotopic (exact) mass is 443 g/mol. The van der Waals surface area contributed by atoms with Gasteiger partial charge >= 0.3 is 5.97 Å². The SMILES string of the molecule is CCC(CC)O[C@@H]1C=C(C(=O)O)C[C@H](NC/C=C/c2ccc(N(C)C)cc2)[C@H]1NC(C)=O. The highest BCUT2D eigenvalue weighted by Gasteiger charge is 2.37. The molecule has 0 heterocycles. The predicted molar refractivity (Wildman–Crippen MR) is 129 cm³/mol. The Morgan fingerprint density at radius 2 is 1.88 bits per heavy atom. The zero-order chi connectivity index (χ0) is 23.7. The third-order valence-electron chi connectivity index (χ3n) is 5.72. The van der Waals surface area contributed by atoms with E-state index in [0.717, 1.165) is 24.1 Å². The summed E-state index contributed by atoms with van der Waals surface area (Å²) in [7, 11) is 4.01. The van der Waals surface area contributed by atoms with Gasteiger partial charge in [-0.1, -0.05) is 38.1 Å². The molecule has 0 fully saturated rings. The first-order valence-electron chi connectivity index (χ1n) is 11.3. The van der Waals surface area contributed by atoms with E-state index in [1.165, 1.54) is 6.92 Å². The van der Waals surface area contributed by atoms with Gasteiger partial charge in [0, 0.05) is 44.9 Å². The Morgan fingerprint density at radius 3 is 2.41 bits per heavy atom. The molecule has 1 amide bonds. The predicted octanol–water partition coefficient (Wildman–Crippen LogP) is 3.22.